The Kier molecular flexibility index (Phi) is 5.48. The Hall–Kier alpha value is -2.34. The molecule has 0 atom stereocenters. The van der Waals surface area contributed by atoms with Crippen molar-refractivity contribution >= 4 is 28.7 Å². The van der Waals surface area contributed by atoms with Gasteiger partial charge in [-0.25, -0.2) is 4.68 Å². The van der Waals surface area contributed by atoms with Crippen molar-refractivity contribution in [2.45, 2.75) is 24.8 Å². The molecule has 0 fully saturated rings. The van der Waals surface area contributed by atoms with Gasteiger partial charge in [-0.05, 0) is 49.4 Å². The summed E-state index contributed by atoms with van der Waals surface area (Å²) in [6, 6.07) is 15.8. The number of nitrogens with zero attached hydrogens (tertiary/aromatic N) is 3. The third-order valence-electron chi connectivity index (χ3n) is 3.69. The third kappa shape index (κ3) is 3.94. The highest BCUT2D eigenvalue weighted by Gasteiger charge is 2.09. The molecular weight excluding hydrogens is 320 g/mol. The second-order valence-corrected chi connectivity index (χ2v) is 6.55. The summed E-state index contributed by atoms with van der Waals surface area (Å²) in [6.45, 7) is 3.45. The summed E-state index contributed by atoms with van der Waals surface area (Å²) in [5.74, 6) is 0.918. The first-order valence-electron chi connectivity index (χ1n) is 8.07. The van der Waals surface area contributed by atoms with Crippen LogP contribution in [0.15, 0.2) is 53.4 Å². The summed E-state index contributed by atoms with van der Waals surface area (Å²) < 4.78 is 1.82. The van der Waals surface area contributed by atoms with E-state index in [0.717, 1.165) is 29.8 Å². The van der Waals surface area contributed by atoms with Gasteiger partial charge in [-0.3, -0.25) is 4.79 Å². The highest BCUT2D eigenvalue weighted by Crippen LogP contribution is 2.17. The summed E-state index contributed by atoms with van der Waals surface area (Å²) in [5.41, 5.74) is 2.33. The molecule has 3 rings (SSSR count). The molecule has 0 bridgehead atoms. The lowest BCUT2D eigenvalue weighted by Gasteiger charge is -2.05. The largest absolute Gasteiger partial charge is 0.352 e. The highest BCUT2D eigenvalue weighted by molar-refractivity contribution is 7.99. The van der Waals surface area contributed by atoms with E-state index in [1.165, 1.54) is 4.90 Å². The number of hydrogen-bond donors (Lipinski definition) is 1. The van der Waals surface area contributed by atoms with Gasteiger partial charge >= 0.3 is 0 Å². The van der Waals surface area contributed by atoms with Gasteiger partial charge in [-0.2, -0.15) is 0 Å². The van der Waals surface area contributed by atoms with Gasteiger partial charge in [0.1, 0.15) is 5.52 Å². The number of hydrogen-bond acceptors (Lipinski definition) is 4. The molecule has 5 nitrogen and oxygen atoms in total. The minimum Gasteiger partial charge on any atom is -0.352 e. The van der Waals surface area contributed by atoms with Crippen molar-refractivity contribution in [1.82, 2.24) is 20.3 Å². The van der Waals surface area contributed by atoms with Crippen LogP contribution < -0.4 is 5.32 Å². The summed E-state index contributed by atoms with van der Waals surface area (Å²) in [6.07, 6.45) is 0.930. The number of carbonyl (C=O) groups excluding carboxylic acids is 1. The average molecular weight is 340 g/mol. The Balaban J connectivity index is 1.48. The second-order valence-electron chi connectivity index (χ2n) is 5.38. The third-order valence-corrected chi connectivity index (χ3v) is 4.79. The minimum absolute atomic E-state index is 0.0624. The van der Waals surface area contributed by atoms with Crippen LogP contribution in [0.3, 0.4) is 0 Å². The van der Waals surface area contributed by atoms with Gasteiger partial charge in [-0.1, -0.05) is 23.4 Å². The second kappa shape index (κ2) is 7.97. The number of amides is 1. The smallest absolute Gasteiger partial charge is 0.251 e. The van der Waals surface area contributed by atoms with Gasteiger partial charge < -0.3 is 5.32 Å². The first-order valence-corrected chi connectivity index (χ1v) is 9.06. The number of rotatable bonds is 7. The van der Waals surface area contributed by atoms with Gasteiger partial charge in [0.2, 0.25) is 0 Å². The number of carbonyl (C=O) groups is 1. The molecule has 3 aromatic rings. The van der Waals surface area contributed by atoms with Gasteiger partial charge in [0.15, 0.2) is 0 Å². The first-order chi connectivity index (χ1) is 11.8. The van der Waals surface area contributed by atoms with E-state index in [9.17, 15) is 4.79 Å². The Morgan fingerprint density at radius 3 is 2.83 bits per heavy atom. The van der Waals surface area contributed by atoms with Crippen LogP contribution in [0.1, 0.15) is 23.7 Å². The SMILES string of the molecule is CCn1nnc2cc(C(=O)NCCCSc3ccccc3)ccc21. The van der Waals surface area contributed by atoms with E-state index in [-0.39, 0.29) is 5.91 Å². The van der Waals surface area contributed by atoms with Gasteiger partial charge in [0, 0.05) is 23.5 Å². The molecule has 6 heteroatoms. The lowest BCUT2D eigenvalue weighted by molar-refractivity contribution is 0.0954. The molecular formula is C18H20N4OS. The average Bonchev–Trinajstić information content (AvgIpc) is 3.04. The molecule has 0 aliphatic heterocycles. The van der Waals surface area contributed by atoms with Crippen LogP contribution in [0.4, 0.5) is 0 Å². The summed E-state index contributed by atoms with van der Waals surface area (Å²) >= 11 is 1.80. The van der Waals surface area contributed by atoms with Crippen LogP contribution in [0.2, 0.25) is 0 Å². The number of fused-ring (bicyclic) bond motifs is 1. The van der Waals surface area contributed by atoms with E-state index in [1.54, 1.807) is 17.8 Å². The van der Waals surface area contributed by atoms with Crippen LogP contribution in [0.25, 0.3) is 11.0 Å². The molecule has 1 aromatic heterocycles. The first kappa shape index (κ1) is 16.5. The van der Waals surface area contributed by atoms with Gasteiger partial charge in [0.25, 0.3) is 5.91 Å². The molecule has 0 radical (unpaired) electrons. The zero-order chi connectivity index (χ0) is 16.8. The summed E-state index contributed by atoms with van der Waals surface area (Å²) in [5, 5.41) is 11.1. The molecule has 2 aromatic carbocycles. The van der Waals surface area contributed by atoms with Crippen molar-refractivity contribution in [3.63, 3.8) is 0 Å². The predicted molar refractivity (Wildman–Crippen MR) is 97.3 cm³/mol. The fourth-order valence-corrected chi connectivity index (χ4v) is 3.30. The number of thioether (sulfide) groups is 1. The molecule has 0 aliphatic carbocycles. The van der Waals surface area contributed by atoms with E-state index >= 15 is 0 Å². The molecule has 0 aliphatic rings. The van der Waals surface area contributed by atoms with Gasteiger partial charge in [-0.15, -0.1) is 16.9 Å². The van der Waals surface area contributed by atoms with Gasteiger partial charge in [0.05, 0.1) is 5.52 Å². The Morgan fingerprint density at radius 1 is 1.21 bits per heavy atom. The maximum Gasteiger partial charge on any atom is 0.251 e. The Bertz CT molecular complexity index is 816. The van der Waals surface area contributed by atoms with E-state index < -0.39 is 0 Å². The summed E-state index contributed by atoms with van der Waals surface area (Å²) in [7, 11) is 0. The lowest BCUT2D eigenvalue weighted by atomic mass is 10.2. The molecule has 0 saturated heterocycles. The van der Waals surface area contributed by atoms with Crippen molar-refractivity contribution in [2.24, 2.45) is 0 Å². The molecule has 1 amide bonds. The molecule has 124 valence electrons. The number of aromatic nitrogens is 3. The van der Waals surface area contributed by atoms with Crippen molar-refractivity contribution < 1.29 is 4.79 Å². The van der Waals surface area contributed by atoms with Crippen LogP contribution >= 0.6 is 11.8 Å². The topological polar surface area (TPSA) is 59.8 Å². The molecule has 24 heavy (non-hydrogen) atoms. The van der Waals surface area contributed by atoms with Crippen LogP contribution in [-0.4, -0.2) is 33.2 Å². The van der Waals surface area contributed by atoms with Crippen molar-refractivity contribution in [3.05, 3.63) is 54.1 Å². The molecule has 0 unspecified atom stereocenters. The monoisotopic (exact) mass is 340 g/mol. The number of aryl methyl sites for hydroxylation is 1. The van der Waals surface area contributed by atoms with E-state index in [2.05, 4.69) is 27.8 Å². The quantitative estimate of drug-likeness (QED) is 0.529. The zero-order valence-corrected chi connectivity index (χ0v) is 14.4. The maximum atomic E-state index is 12.2. The van der Waals surface area contributed by atoms with Crippen LogP contribution in [-0.2, 0) is 6.54 Å². The Morgan fingerprint density at radius 2 is 2.04 bits per heavy atom. The highest BCUT2D eigenvalue weighted by atomic mass is 32.2. The van der Waals surface area contributed by atoms with Crippen LogP contribution in [0, 0.1) is 0 Å². The van der Waals surface area contributed by atoms with Crippen molar-refractivity contribution in [1.29, 1.82) is 0 Å². The van der Waals surface area contributed by atoms with E-state index in [0.29, 0.717) is 12.1 Å². The van der Waals surface area contributed by atoms with E-state index in [4.69, 9.17) is 0 Å². The minimum atomic E-state index is -0.0624. The predicted octanol–water partition coefficient (Wildman–Crippen LogP) is 3.36. The molecule has 0 spiro atoms. The fraction of sp³-hybridized carbons (Fsp3) is 0.278. The van der Waals surface area contributed by atoms with Crippen molar-refractivity contribution in [3.8, 4) is 0 Å². The lowest BCUT2D eigenvalue weighted by Crippen LogP contribution is -2.24. The van der Waals surface area contributed by atoms with Crippen LogP contribution in [0.5, 0.6) is 0 Å². The molecule has 1 heterocycles. The normalized spacial score (nSPS) is 10.9. The van der Waals surface area contributed by atoms with Crippen molar-refractivity contribution in [2.75, 3.05) is 12.3 Å². The summed E-state index contributed by atoms with van der Waals surface area (Å²) in [4.78, 5) is 13.5. The number of nitrogens with one attached hydrogen (secondary N) is 1. The molecule has 0 saturated carbocycles. The molecule has 1 N–H and O–H groups in total. The fourth-order valence-electron chi connectivity index (χ4n) is 2.43. The standard InChI is InChI=1S/C18H20N4OS/c1-2-22-17-10-9-14(13-16(17)20-21-22)18(23)19-11-6-12-24-15-7-4-3-5-8-15/h3-5,7-10,13H,2,6,11-12H2,1H3,(H,19,23). The maximum absolute atomic E-state index is 12.2. The number of benzene rings is 2. The Labute approximate surface area is 145 Å². The van der Waals surface area contributed by atoms with E-state index in [1.807, 2.05) is 41.9 Å². The zero-order valence-electron chi connectivity index (χ0n) is 13.6.